The Morgan fingerprint density at radius 2 is 1.94 bits per heavy atom. The first-order valence-electron chi connectivity index (χ1n) is 11.4. The lowest BCUT2D eigenvalue weighted by molar-refractivity contribution is -0.135. The smallest absolute Gasteiger partial charge is 0.225 e. The van der Waals surface area contributed by atoms with Crippen molar-refractivity contribution < 1.29 is 19.1 Å². The fraction of sp³-hybridized carbons (Fsp3) is 0.652. The molecule has 0 spiro atoms. The van der Waals surface area contributed by atoms with Crippen LogP contribution in [0.2, 0.25) is 0 Å². The van der Waals surface area contributed by atoms with Crippen LogP contribution in [0.15, 0.2) is 6.33 Å². The summed E-state index contributed by atoms with van der Waals surface area (Å²) in [5.41, 5.74) is 1.15. The van der Waals surface area contributed by atoms with Crippen LogP contribution in [-0.4, -0.2) is 64.9 Å². The monoisotopic (exact) mass is 443 g/mol. The molecular formula is C23H29N3O4S. The minimum absolute atomic E-state index is 0.0607. The van der Waals surface area contributed by atoms with Gasteiger partial charge in [-0.3, -0.25) is 14.5 Å². The number of hydrogen-bond donors (Lipinski definition) is 0. The Hall–Kier alpha value is -1.90. The van der Waals surface area contributed by atoms with Crippen LogP contribution in [-0.2, 0) is 20.7 Å². The SMILES string of the molecule is CC(=O)C(=O)C[C@H]1CCc2sc3ncnc(O[C@H]4CC[C@H](N5CCOCC5)CC4)c3c21. The van der Waals surface area contributed by atoms with Gasteiger partial charge >= 0.3 is 0 Å². The molecule has 31 heavy (non-hydrogen) atoms. The van der Waals surface area contributed by atoms with Gasteiger partial charge in [0, 0.05) is 37.4 Å². The molecule has 2 aromatic rings. The van der Waals surface area contributed by atoms with Gasteiger partial charge in [0.25, 0.3) is 0 Å². The average molecular weight is 444 g/mol. The van der Waals surface area contributed by atoms with Crippen LogP contribution in [0, 0.1) is 0 Å². The van der Waals surface area contributed by atoms with Crippen LogP contribution in [0.3, 0.4) is 0 Å². The fourth-order valence-corrected chi connectivity index (χ4v) is 6.56. The van der Waals surface area contributed by atoms with Crippen LogP contribution in [0.1, 0.15) is 61.8 Å². The third kappa shape index (κ3) is 4.25. The second-order valence-electron chi connectivity index (χ2n) is 8.91. The van der Waals surface area contributed by atoms with Gasteiger partial charge in [-0.25, -0.2) is 9.97 Å². The minimum Gasteiger partial charge on any atom is -0.474 e. The maximum Gasteiger partial charge on any atom is 0.225 e. The Kier molecular flexibility index (Phi) is 6.03. The summed E-state index contributed by atoms with van der Waals surface area (Å²) >= 11 is 1.68. The summed E-state index contributed by atoms with van der Waals surface area (Å²) < 4.78 is 11.9. The molecule has 1 saturated heterocycles. The van der Waals surface area contributed by atoms with Crippen LogP contribution in [0.4, 0.5) is 0 Å². The minimum atomic E-state index is -0.363. The van der Waals surface area contributed by atoms with Crippen molar-refractivity contribution in [2.24, 2.45) is 0 Å². The highest BCUT2D eigenvalue weighted by molar-refractivity contribution is 7.19. The molecule has 5 rings (SSSR count). The molecule has 0 radical (unpaired) electrons. The van der Waals surface area contributed by atoms with E-state index >= 15 is 0 Å². The molecule has 2 aliphatic carbocycles. The average Bonchev–Trinajstić information content (AvgIpc) is 3.35. The van der Waals surface area contributed by atoms with Gasteiger partial charge in [-0.05, 0) is 50.0 Å². The zero-order valence-corrected chi connectivity index (χ0v) is 18.8. The number of morpholine rings is 1. The topological polar surface area (TPSA) is 81.6 Å². The lowest BCUT2D eigenvalue weighted by Gasteiger charge is -2.38. The van der Waals surface area contributed by atoms with E-state index in [-0.39, 0.29) is 30.0 Å². The number of thiophene rings is 1. The normalized spacial score (nSPS) is 26.7. The van der Waals surface area contributed by atoms with Gasteiger partial charge < -0.3 is 9.47 Å². The Morgan fingerprint density at radius 1 is 1.16 bits per heavy atom. The zero-order chi connectivity index (χ0) is 21.4. The number of nitrogens with zero attached hydrogens (tertiary/aromatic N) is 3. The number of fused-ring (bicyclic) bond motifs is 3. The Balaban J connectivity index is 1.32. The van der Waals surface area contributed by atoms with Gasteiger partial charge in [-0.1, -0.05) is 0 Å². The lowest BCUT2D eigenvalue weighted by atomic mass is 9.91. The third-order valence-corrected chi connectivity index (χ3v) is 8.18. The maximum atomic E-state index is 12.1. The van der Waals surface area contributed by atoms with Gasteiger partial charge in [0.05, 0.1) is 18.6 Å². The number of rotatable bonds is 6. The second-order valence-corrected chi connectivity index (χ2v) is 10.00. The summed E-state index contributed by atoms with van der Waals surface area (Å²) in [7, 11) is 0. The van der Waals surface area contributed by atoms with E-state index in [4.69, 9.17) is 9.47 Å². The number of Topliss-reactive ketones (excluding diaryl/α,β-unsaturated/α-hetero) is 2. The van der Waals surface area contributed by atoms with E-state index in [0.29, 0.717) is 11.9 Å². The Morgan fingerprint density at radius 3 is 2.68 bits per heavy atom. The van der Waals surface area contributed by atoms with Crippen LogP contribution in [0.25, 0.3) is 10.2 Å². The molecule has 2 fully saturated rings. The van der Waals surface area contributed by atoms with E-state index in [2.05, 4.69) is 14.9 Å². The molecule has 0 unspecified atom stereocenters. The van der Waals surface area contributed by atoms with E-state index in [0.717, 1.165) is 80.6 Å². The maximum absolute atomic E-state index is 12.1. The first-order chi connectivity index (χ1) is 15.1. The molecule has 8 heteroatoms. The molecule has 0 N–H and O–H groups in total. The molecule has 3 aliphatic rings. The number of ether oxygens (including phenoxy) is 2. The fourth-order valence-electron chi connectivity index (χ4n) is 5.33. The highest BCUT2D eigenvalue weighted by Crippen LogP contribution is 2.47. The summed E-state index contributed by atoms with van der Waals surface area (Å²) in [5.74, 6) is 0.0562. The van der Waals surface area contributed by atoms with E-state index < -0.39 is 0 Å². The zero-order valence-electron chi connectivity index (χ0n) is 18.0. The van der Waals surface area contributed by atoms with Crippen LogP contribution >= 0.6 is 11.3 Å². The van der Waals surface area contributed by atoms with Crippen molar-refractivity contribution in [3.8, 4) is 5.88 Å². The number of carbonyl (C=O) groups is 2. The van der Waals surface area contributed by atoms with E-state index in [1.807, 2.05) is 0 Å². The molecular weight excluding hydrogens is 414 g/mol. The molecule has 3 heterocycles. The van der Waals surface area contributed by atoms with Crippen molar-refractivity contribution >= 4 is 33.1 Å². The lowest BCUT2D eigenvalue weighted by Crippen LogP contribution is -2.46. The molecule has 0 aromatic carbocycles. The van der Waals surface area contributed by atoms with Crippen molar-refractivity contribution in [1.29, 1.82) is 0 Å². The van der Waals surface area contributed by atoms with Crippen LogP contribution in [0.5, 0.6) is 5.88 Å². The van der Waals surface area contributed by atoms with E-state index in [1.54, 1.807) is 17.7 Å². The van der Waals surface area contributed by atoms with Crippen molar-refractivity contribution in [2.75, 3.05) is 26.3 Å². The predicted molar refractivity (Wildman–Crippen MR) is 118 cm³/mol. The molecule has 1 saturated carbocycles. The number of aryl methyl sites for hydroxylation is 1. The Labute approximate surface area is 186 Å². The first-order valence-corrected chi connectivity index (χ1v) is 12.2. The quantitative estimate of drug-likeness (QED) is 0.634. The standard InChI is InChI=1S/C23H29N3O4S/c1-14(27)18(28)12-15-2-7-19-20(15)21-22(24-13-25-23(21)31-19)30-17-5-3-16(4-6-17)26-8-10-29-11-9-26/h13,15-17H,2-12H2,1H3/t15-,16-,17-/m1/s1. The van der Waals surface area contributed by atoms with Gasteiger partial charge in [0.15, 0.2) is 11.6 Å². The van der Waals surface area contributed by atoms with Crippen molar-refractivity contribution in [2.45, 2.75) is 69.9 Å². The first kappa shape index (κ1) is 21.0. The van der Waals surface area contributed by atoms with Crippen molar-refractivity contribution in [1.82, 2.24) is 14.9 Å². The van der Waals surface area contributed by atoms with Gasteiger partial charge in [0.2, 0.25) is 5.88 Å². The molecule has 2 aromatic heterocycles. The third-order valence-electron chi connectivity index (χ3n) is 7.00. The van der Waals surface area contributed by atoms with Gasteiger partial charge in [0.1, 0.15) is 17.3 Å². The van der Waals surface area contributed by atoms with Gasteiger partial charge in [-0.2, -0.15) is 0 Å². The summed E-state index contributed by atoms with van der Waals surface area (Å²) in [6.45, 7) is 5.10. The summed E-state index contributed by atoms with van der Waals surface area (Å²) in [4.78, 5) is 37.3. The molecule has 0 amide bonds. The number of aromatic nitrogens is 2. The predicted octanol–water partition coefficient (Wildman–Crippen LogP) is 3.29. The number of carbonyl (C=O) groups excluding carboxylic acids is 2. The molecule has 166 valence electrons. The van der Waals surface area contributed by atoms with Crippen LogP contribution < -0.4 is 4.74 Å². The molecule has 1 aliphatic heterocycles. The summed E-state index contributed by atoms with van der Waals surface area (Å²) in [5, 5.41) is 0.969. The second kappa shape index (κ2) is 8.92. The molecule has 7 nitrogen and oxygen atoms in total. The number of ketones is 2. The largest absolute Gasteiger partial charge is 0.474 e. The van der Waals surface area contributed by atoms with Crippen molar-refractivity contribution in [3.63, 3.8) is 0 Å². The number of hydrogen-bond acceptors (Lipinski definition) is 8. The Bertz CT molecular complexity index is 977. The molecule has 1 atom stereocenters. The van der Waals surface area contributed by atoms with Crippen molar-refractivity contribution in [3.05, 3.63) is 16.8 Å². The van der Waals surface area contributed by atoms with Gasteiger partial charge in [-0.15, -0.1) is 11.3 Å². The highest BCUT2D eigenvalue weighted by atomic mass is 32.1. The van der Waals surface area contributed by atoms with E-state index in [9.17, 15) is 9.59 Å². The summed E-state index contributed by atoms with van der Waals surface area (Å²) in [6.07, 6.45) is 8.15. The highest BCUT2D eigenvalue weighted by Gasteiger charge is 2.33. The van der Waals surface area contributed by atoms with E-state index in [1.165, 1.54) is 11.8 Å². The molecule has 0 bridgehead atoms. The summed E-state index contributed by atoms with van der Waals surface area (Å²) in [6, 6.07) is 0.626.